The molecule has 5 nitrogen and oxygen atoms in total. The molecule has 1 N–H and O–H groups in total. The van der Waals surface area contributed by atoms with Gasteiger partial charge in [-0.2, -0.15) is 0 Å². The molecule has 2 heterocycles. The lowest BCUT2D eigenvalue weighted by Gasteiger charge is -2.22. The van der Waals surface area contributed by atoms with E-state index >= 15 is 0 Å². The van der Waals surface area contributed by atoms with Gasteiger partial charge in [-0.15, -0.1) is 12.4 Å². The molecule has 6 heteroatoms. The van der Waals surface area contributed by atoms with Gasteiger partial charge in [-0.25, -0.2) is 4.98 Å². The van der Waals surface area contributed by atoms with Gasteiger partial charge in [-0.05, 0) is 25.3 Å². The average molecular weight is 272 g/mol. The molecule has 1 atom stereocenters. The Hall–Kier alpha value is -1.04. The molecule has 1 fully saturated rings. The summed E-state index contributed by atoms with van der Waals surface area (Å²) in [7, 11) is 0. The van der Waals surface area contributed by atoms with E-state index in [-0.39, 0.29) is 24.8 Å². The number of ketones is 1. The van der Waals surface area contributed by atoms with Crippen molar-refractivity contribution in [2.45, 2.75) is 12.8 Å². The Bertz CT molecular complexity index is 356. The van der Waals surface area contributed by atoms with E-state index in [1.165, 1.54) is 25.2 Å². The van der Waals surface area contributed by atoms with E-state index in [0.717, 1.165) is 13.1 Å². The number of piperidine rings is 1. The van der Waals surface area contributed by atoms with Crippen molar-refractivity contribution in [2.24, 2.45) is 5.92 Å². The predicted molar refractivity (Wildman–Crippen MR) is 70.0 cm³/mol. The molecule has 1 aliphatic heterocycles. The van der Waals surface area contributed by atoms with Gasteiger partial charge in [0.05, 0.1) is 12.8 Å². The highest BCUT2D eigenvalue weighted by Crippen LogP contribution is 2.10. The summed E-state index contributed by atoms with van der Waals surface area (Å²) >= 11 is 0. The molecule has 18 heavy (non-hydrogen) atoms. The van der Waals surface area contributed by atoms with Crippen LogP contribution in [-0.2, 0) is 4.74 Å². The summed E-state index contributed by atoms with van der Waals surface area (Å²) in [5.74, 6) is 0.417. The lowest BCUT2D eigenvalue weighted by atomic mass is 10.0. The van der Waals surface area contributed by atoms with Crippen molar-refractivity contribution in [2.75, 3.05) is 26.3 Å². The maximum atomic E-state index is 11.6. The first kappa shape index (κ1) is 15.0. The normalized spacial score (nSPS) is 19.0. The Labute approximate surface area is 113 Å². The van der Waals surface area contributed by atoms with Crippen molar-refractivity contribution >= 4 is 18.2 Å². The predicted octanol–water partition coefficient (Wildman–Crippen LogP) is 1.10. The summed E-state index contributed by atoms with van der Waals surface area (Å²) in [6.45, 7) is 2.81. The molecule has 1 aliphatic rings. The van der Waals surface area contributed by atoms with Crippen LogP contribution < -0.4 is 5.32 Å². The maximum Gasteiger partial charge on any atom is 0.208 e. The summed E-state index contributed by atoms with van der Waals surface area (Å²) in [6, 6.07) is 0. The first-order chi connectivity index (χ1) is 8.36. The summed E-state index contributed by atoms with van der Waals surface area (Å²) in [6.07, 6.45) is 6.88. The molecule has 2 rings (SSSR count). The van der Waals surface area contributed by atoms with Gasteiger partial charge in [-0.3, -0.25) is 9.78 Å². The smallest absolute Gasteiger partial charge is 0.208 e. The lowest BCUT2D eigenvalue weighted by molar-refractivity contribution is 0.0641. The van der Waals surface area contributed by atoms with Gasteiger partial charge in [0.25, 0.3) is 0 Å². The van der Waals surface area contributed by atoms with Gasteiger partial charge < -0.3 is 10.1 Å². The van der Waals surface area contributed by atoms with Crippen molar-refractivity contribution < 1.29 is 9.53 Å². The minimum Gasteiger partial charge on any atom is -0.373 e. The highest BCUT2D eigenvalue weighted by Gasteiger charge is 2.14. The molecule has 0 spiro atoms. The van der Waals surface area contributed by atoms with Crippen LogP contribution in [0, 0.1) is 5.92 Å². The minimum absolute atomic E-state index is 0. The number of nitrogens with zero attached hydrogens (tertiary/aromatic N) is 2. The van der Waals surface area contributed by atoms with Gasteiger partial charge in [0, 0.05) is 18.9 Å². The number of halogens is 1. The second-order valence-corrected chi connectivity index (χ2v) is 4.24. The van der Waals surface area contributed by atoms with E-state index in [4.69, 9.17) is 4.74 Å². The van der Waals surface area contributed by atoms with Crippen molar-refractivity contribution in [3.63, 3.8) is 0 Å². The highest BCUT2D eigenvalue weighted by atomic mass is 35.5. The standard InChI is InChI=1S/C12H17N3O2.ClH/c16-12(11-7-14-4-5-15-11)9-17-8-10-2-1-3-13-6-10;/h4-5,7,10,13H,1-3,6,8-9H2;1H. The third-order valence-corrected chi connectivity index (χ3v) is 2.83. The summed E-state index contributed by atoms with van der Waals surface area (Å²) in [5, 5.41) is 3.32. The Balaban J connectivity index is 0.00000162. The molecule has 0 bridgehead atoms. The van der Waals surface area contributed by atoms with Gasteiger partial charge in [-0.1, -0.05) is 0 Å². The minimum atomic E-state index is -0.109. The number of ether oxygens (including phenoxy) is 1. The summed E-state index contributed by atoms with van der Waals surface area (Å²) < 4.78 is 5.43. The molecule has 1 aromatic rings. The lowest BCUT2D eigenvalue weighted by Crippen LogP contribution is -2.32. The topological polar surface area (TPSA) is 64.1 Å². The molecule has 0 aromatic carbocycles. The van der Waals surface area contributed by atoms with E-state index in [0.29, 0.717) is 18.2 Å². The van der Waals surface area contributed by atoms with Gasteiger partial charge in [0.2, 0.25) is 5.78 Å². The van der Waals surface area contributed by atoms with Gasteiger partial charge >= 0.3 is 0 Å². The molecule has 0 aliphatic carbocycles. The number of aromatic nitrogens is 2. The molecule has 1 unspecified atom stereocenters. The van der Waals surface area contributed by atoms with Gasteiger partial charge in [0.1, 0.15) is 12.3 Å². The van der Waals surface area contributed by atoms with Crippen LogP contribution in [-0.4, -0.2) is 42.1 Å². The number of hydrogen-bond donors (Lipinski definition) is 1. The van der Waals surface area contributed by atoms with E-state index < -0.39 is 0 Å². The first-order valence-corrected chi connectivity index (χ1v) is 5.94. The number of hydrogen-bond acceptors (Lipinski definition) is 5. The number of carbonyl (C=O) groups excluding carboxylic acids is 1. The fourth-order valence-electron chi connectivity index (χ4n) is 1.90. The van der Waals surface area contributed by atoms with E-state index in [9.17, 15) is 4.79 Å². The fraction of sp³-hybridized carbons (Fsp3) is 0.583. The molecule has 1 saturated heterocycles. The SMILES string of the molecule is Cl.O=C(COCC1CCCNC1)c1cnccn1. The van der Waals surface area contributed by atoms with Crippen molar-refractivity contribution in [1.29, 1.82) is 0 Å². The molecule has 0 amide bonds. The van der Waals surface area contributed by atoms with E-state index in [2.05, 4.69) is 15.3 Å². The molecule has 0 radical (unpaired) electrons. The van der Waals surface area contributed by atoms with Crippen LogP contribution in [0.2, 0.25) is 0 Å². The van der Waals surface area contributed by atoms with Crippen LogP contribution in [0.5, 0.6) is 0 Å². The number of rotatable bonds is 5. The number of nitrogens with one attached hydrogen (secondary N) is 1. The fourth-order valence-corrected chi connectivity index (χ4v) is 1.90. The van der Waals surface area contributed by atoms with Crippen molar-refractivity contribution in [1.82, 2.24) is 15.3 Å². The molecule has 100 valence electrons. The quantitative estimate of drug-likeness (QED) is 0.813. The maximum absolute atomic E-state index is 11.6. The second kappa shape index (κ2) is 8.13. The second-order valence-electron chi connectivity index (χ2n) is 4.24. The molecular formula is C12H18ClN3O2. The van der Waals surface area contributed by atoms with Crippen LogP contribution in [0.4, 0.5) is 0 Å². The highest BCUT2D eigenvalue weighted by molar-refractivity contribution is 5.94. The van der Waals surface area contributed by atoms with Crippen molar-refractivity contribution in [3.8, 4) is 0 Å². The van der Waals surface area contributed by atoms with Crippen LogP contribution in [0.15, 0.2) is 18.6 Å². The Kier molecular flexibility index (Phi) is 6.78. The monoisotopic (exact) mass is 271 g/mol. The first-order valence-electron chi connectivity index (χ1n) is 5.94. The number of carbonyl (C=O) groups is 1. The average Bonchev–Trinajstić information content (AvgIpc) is 2.41. The molecular weight excluding hydrogens is 254 g/mol. The molecule has 0 saturated carbocycles. The van der Waals surface area contributed by atoms with Crippen LogP contribution in [0.25, 0.3) is 0 Å². The Morgan fingerprint density at radius 1 is 1.50 bits per heavy atom. The van der Waals surface area contributed by atoms with Gasteiger partial charge in [0.15, 0.2) is 0 Å². The Morgan fingerprint density at radius 2 is 2.39 bits per heavy atom. The van der Waals surface area contributed by atoms with Crippen LogP contribution in [0.3, 0.4) is 0 Å². The third-order valence-electron chi connectivity index (χ3n) is 2.83. The zero-order valence-corrected chi connectivity index (χ0v) is 11.0. The van der Waals surface area contributed by atoms with E-state index in [1.54, 1.807) is 6.20 Å². The molecule has 1 aromatic heterocycles. The third kappa shape index (κ3) is 4.68. The summed E-state index contributed by atoms with van der Waals surface area (Å²) in [5.41, 5.74) is 0.370. The van der Waals surface area contributed by atoms with E-state index in [1.807, 2.05) is 0 Å². The zero-order valence-electron chi connectivity index (χ0n) is 10.2. The largest absolute Gasteiger partial charge is 0.373 e. The Morgan fingerprint density at radius 3 is 3.06 bits per heavy atom. The van der Waals surface area contributed by atoms with Crippen LogP contribution >= 0.6 is 12.4 Å². The van der Waals surface area contributed by atoms with Crippen LogP contribution in [0.1, 0.15) is 23.3 Å². The number of Topliss-reactive ketones (excluding diaryl/α,β-unsaturated/α-hetero) is 1. The summed E-state index contributed by atoms with van der Waals surface area (Å²) in [4.78, 5) is 19.4. The van der Waals surface area contributed by atoms with Crippen molar-refractivity contribution in [3.05, 3.63) is 24.3 Å². The zero-order chi connectivity index (χ0) is 11.9.